The molecule has 1 heterocycles. The summed E-state index contributed by atoms with van der Waals surface area (Å²) in [6.45, 7) is 3.50. The lowest BCUT2D eigenvalue weighted by atomic mass is 10.1. The first-order chi connectivity index (χ1) is 11.2. The van der Waals surface area contributed by atoms with Gasteiger partial charge in [-0.3, -0.25) is 14.9 Å². The minimum atomic E-state index is -4.83. The second kappa shape index (κ2) is 7.06. The van der Waals surface area contributed by atoms with E-state index in [1.54, 1.807) is 4.90 Å². The van der Waals surface area contributed by atoms with Crippen LogP contribution in [0.4, 0.5) is 24.5 Å². The fraction of sp³-hybridized carbons (Fsp3) is 0.533. The number of amides is 1. The largest absolute Gasteiger partial charge is 0.423 e. The van der Waals surface area contributed by atoms with Crippen molar-refractivity contribution in [3.63, 3.8) is 0 Å². The zero-order valence-corrected chi connectivity index (χ0v) is 13.2. The first-order valence-electron chi connectivity index (χ1n) is 7.62. The van der Waals surface area contributed by atoms with Crippen molar-refractivity contribution in [3.05, 3.63) is 33.9 Å². The third-order valence-electron chi connectivity index (χ3n) is 3.88. The second-order valence-corrected chi connectivity index (χ2v) is 5.61. The minimum absolute atomic E-state index is 0.0326. The molecule has 0 unspecified atom stereocenters. The Morgan fingerprint density at radius 1 is 1.29 bits per heavy atom. The highest BCUT2D eigenvalue weighted by Crippen LogP contribution is 2.38. The SMILES string of the molecule is CCCN1CCCN(c2ccc([N+](=O)[O-])c(C(F)(F)F)c2)CC1=O. The number of benzene rings is 1. The van der Waals surface area contributed by atoms with Crippen LogP contribution in [-0.4, -0.2) is 41.9 Å². The zero-order valence-electron chi connectivity index (χ0n) is 13.2. The van der Waals surface area contributed by atoms with Crippen molar-refractivity contribution in [2.75, 3.05) is 31.1 Å². The lowest BCUT2D eigenvalue weighted by Gasteiger charge is -2.23. The van der Waals surface area contributed by atoms with Gasteiger partial charge in [0, 0.05) is 31.4 Å². The normalized spacial score (nSPS) is 16.2. The molecule has 0 saturated carbocycles. The summed E-state index contributed by atoms with van der Waals surface area (Å²) in [5.41, 5.74) is -2.12. The maximum Gasteiger partial charge on any atom is 0.423 e. The van der Waals surface area contributed by atoms with Crippen LogP contribution in [0.25, 0.3) is 0 Å². The Balaban J connectivity index is 2.32. The highest BCUT2D eigenvalue weighted by Gasteiger charge is 2.39. The van der Waals surface area contributed by atoms with E-state index in [9.17, 15) is 28.1 Å². The molecule has 1 aliphatic heterocycles. The summed E-state index contributed by atoms with van der Waals surface area (Å²) in [5.74, 6) is -0.152. The van der Waals surface area contributed by atoms with Crippen LogP contribution in [-0.2, 0) is 11.0 Å². The molecule has 132 valence electrons. The highest BCUT2D eigenvalue weighted by molar-refractivity contribution is 5.82. The molecule has 0 spiro atoms. The predicted octanol–water partition coefficient (Wildman–Crippen LogP) is 3.06. The van der Waals surface area contributed by atoms with Gasteiger partial charge in [0.1, 0.15) is 5.56 Å². The quantitative estimate of drug-likeness (QED) is 0.621. The maximum absolute atomic E-state index is 13.1. The molecule has 1 aliphatic rings. The molecule has 0 N–H and O–H groups in total. The van der Waals surface area contributed by atoms with Crippen molar-refractivity contribution < 1.29 is 22.9 Å². The molecular formula is C15H18F3N3O3. The number of rotatable bonds is 4. The number of carbonyl (C=O) groups excluding carboxylic acids is 1. The molecular weight excluding hydrogens is 327 g/mol. The van der Waals surface area contributed by atoms with Gasteiger partial charge in [-0.2, -0.15) is 13.2 Å². The predicted molar refractivity (Wildman–Crippen MR) is 81.8 cm³/mol. The molecule has 2 rings (SSSR count). The topological polar surface area (TPSA) is 66.7 Å². The molecule has 0 bridgehead atoms. The number of nitro benzene ring substituents is 1. The van der Waals surface area contributed by atoms with Gasteiger partial charge < -0.3 is 9.80 Å². The van der Waals surface area contributed by atoms with Gasteiger partial charge in [0.25, 0.3) is 5.69 Å². The average molecular weight is 345 g/mol. The molecule has 1 amide bonds. The molecule has 1 saturated heterocycles. The smallest absolute Gasteiger partial charge is 0.362 e. The Morgan fingerprint density at radius 2 is 2.00 bits per heavy atom. The summed E-state index contributed by atoms with van der Waals surface area (Å²) in [7, 11) is 0. The molecule has 9 heteroatoms. The molecule has 0 aliphatic carbocycles. The molecule has 0 atom stereocenters. The Morgan fingerprint density at radius 3 is 2.58 bits per heavy atom. The third kappa shape index (κ3) is 3.95. The number of hydrogen-bond donors (Lipinski definition) is 0. The summed E-state index contributed by atoms with van der Waals surface area (Å²) in [6, 6.07) is 2.86. The average Bonchev–Trinajstić information content (AvgIpc) is 2.68. The van der Waals surface area contributed by atoms with Gasteiger partial charge in [-0.1, -0.05) is 6.92 Å². The van der Waals surface area contributed by atoms with Crippen LogP contribution >= 0.6 is 0 Å². The van der Waals surface area contributed by atoms with Crippen LogP contribution in [0, 0.1) is 10.1 Å². The van der Waals surface area contributed by atoms with Crippen molar-refractivity contribution in [1.29, 1.82) is 0 Å². The minimum Gasteiger partial charge on any atom is -0.362 e. The first kappa shape index (κ1) is 18.0. The molecule has 0 radical (unpaired) electrons. The van der Waals surface area contributed by atoms with E-state index in [1.807, 2.05) is 6.92 Å². The van der Waals surface area contributed by atoms with E-state index in [-0.39, 0.29) is 18.1 Å². The van der Waals surface area contributed by atoms with Crippen LogP contribution in [0.1, 0.15) is 25.3 Å². The molecule has 0 aromatic heterocycles. The van der Waals surface area contributed by atoms with Gasteiger partial charge in [0.2, 0.25) is 5.91 Å². The van der Waals surface area contributed by atoms with Crippen LogP contribution in [0.5, 0.6) is 0 Å². The second-order valence-electron chi connectivity index (χ2n) is 5.61. The van der Waals surface area contributed by atoms with Gasteiger partial charge in [0.05, 0.1) is 11.5 Å². The highest BCUT2D eigenvalue weighted by atomic mass is 19.4. The van der Waals surface area contributed by atoms with Crippen LogP contribution < -0.4 is 4.90 Å². The number of carbonyl (C=O) groups is 1. The lowest BCUT2D eigenvalue weighted by molar-refractivity contribution is -0.388. The molecule has 6 nitrogen and oxygen atoms in total. The van der Waals surface area contributed by atoms with E-state index in [4.69, 9.17) is 0 Å². The third-order valence-corrected chi connectivity index (χ3v) is 3.88. The number of alkyl halides is 3. The summed E-state index contributed by atoms with van der Waals surface area (Å²) < 4.78 is 39.2. The molecule has 1 aromatic rings. The number of hydrogen-bond acceptors (Lipinski definition) is 4. The molecule has 1 fully saturated rings. The Hall–Kier alpha value is -2.32. The Bertz CT molecular complexity index is 634. The number of nitrogens with zero attached hydrogens (tertiary/aromatic N) is 3. The standard InChI is InChI=1S/C15H18F3N3O3/c1-2-6-19-7-3-8-20(10-14(19)22)11-4-5-13(21(23)24)12(9-11)15(16,17)18/h4-5,9H,2-3,6-8,10H2,1H3. The molecule has 24 heavy (non-hydrogen) atoms. The number of nitro groups is 1. The van der Waals surface area contributed by atoms with Crippen LogP contribution in [0.3, 0.4) is 0 Å². The van der Waals surface area contributed by atoms with Gasteiger partial charge in [-0.05, 0) is 25.0 Å². The summed E-state index contributed by atoms with van der Waals surface area (Å²) in [4.78, 5) is 25.2. The van der Waals surface area contributed by atoms with Crippen molar-refractivity contribution in [2.24, 2.45) is 0 Å². The van der Waals surface area contributed by atoms with E-state index in [1.165, 1.54) is 11.0 Å². The van der Waals surface area contributed by atoms with Crippen molar-refractivity contribution in [1.82, 2.24) is 4.90 Å². The van der Waals surface area contributed by atoms with Crippen molar-refractivity contribution in [3.8, 4) is 0 Å². The van der Waals surface area contributed by atoms with Gasteiger partial charge in [-0.15, -0.1) is 0 Å². The summed E-state index contributed by atoms with van der Waals surface area (Å²) in [6.07, 6.45) is -3.39. The Kier molecular flexibility index (Phi) is 5.30. The summed E-state index contributed by atoms with van der Waals surface area (Å²) >= 11 is 0. The fourth-order valence-corrected chi connectivity index (χ4v) is 2.75. The molecule has 1 aromatic carbocycles. The van der Waals surface area contributed by atoms with Crippen LogP contribution in [0.15, 0.2) is 18.2 Å². The maximum atomic E-state index is 13.1. The monoisotopic (exact) mass is 345 g/mol. The first-order valence-corrected chi connectivity index (χ1v) is 7.62. The van der Waals surface area contributed by atoms with E-state index >= 15 is 0 Å². The lowest BCUT2D eigenvalue weighted by Crippen LogP contribution is -2.37. The van der Waals surface area contributed by atoms with E-state index in [0.29, 0.717) is 26.1 Å². The van der Waals surface area contributed by atoms with E-state index in [2.05, 4.69) is 0 Å². The Labute approximate surface area is 137 Å². The number of anilines is 1. The fourth-order valence-electron chi connectivity index (χ4n) is 2.75. The summed E-state index contributed by atoms with van der Waals surface area (Å²) in [5, 5.41) is 10.8. The van der Waals surface area contributed by atoms with Crippen molar-refractivity contribution >= 4 is 17.3 Å². The van der Waals surface area contributed by atoms with Gasteiger partial charge in [-0.25, -0.2) is 0 Å². The van der Waals surface area contributed by atoms with Gasteiger partial charge >= 0.3 is 6.18 Å². The number of halogens is 3. The van der Waals surface area contributed by atoms with Gasteiger partial charge in [0.15, 0.2) is 0 Å². The van der Waals surface area contributed by atoms with E-state index in [0.717, 1.165) is 18.6 Å². The van der Waals surface area contributed by atoms with E-state index < -0.39 is 22.4 Å². The van der Waals surface area contributed by atoms with Crippen LogP contribution in [0.2, 0.25) is 0 Å². The van der Waals surface area contributed by atoms with Crippen molar-refractivity contribution in [2.45, 2.75) is 25.9 Å². The zero-order chi connectivity index (χ0) is 17.9.